The van der Waals surface area contributed by atoms with E-state index in [0.717, 1.165) is 12.1 Å². The summed E-state index contributed by atoms with van der Waals surface area (Å²) >= 11 is 0. The van der Waals surface area contributed by atoms with Gasteiger partial charge < -0.3 is 4.74 Å². The molecule has 0 unspecified atom stereocenters. The number of guanidine groups is 1. The van der Waals surface area contributed by atoms with Gasteiger partial charge in [-0.25, -0.2) is 9.79 Å². The first-order valence-corrected chi connectivity index (χ1v) is 12.4. The number of carbonyl (C=O) groups is 2. The van der Waals surface area contributed by atoms with Crippen LogP contribution in [0.4, 0.5) is 24.2 Å². The molecule has 192 valence electrons. The molecule has 0 aromatic heterocycles. The molecule has 2 aromatic rings. The Balaban J connectivity index is 1.96. The zero-order valence-electron chi connectivity index (χ0n) is 19.7. The molecule has 1 heterocycles. The zero-order valence-corrected chi connectivity index (χ0v) is 20.6. The molecule has 12 heteroatoms. The molecular formula is C23H26F5N3O3S. The number of carbonyl (C=O) groups excluding carboxylic acids is 2. The van der Waals surface area contributed by atoms with Crippen molar-refractivity contribution in [2.24, 2.45) is 4.99 Å². The van der Waals surface area contributed by atoms with Crippen LogP contribution in [0.3, 0.4) is 0 Å². The second-order valence-corrected chi connectivity index (χ2v) is 11.9. The molecule has 0 saturated carbocycles. The Morgan fingerprint density at radius 1 is 1.06 bits per heavy atom. The molecule has 1 N–H and O–H groups in total. The van der Waals surface area contributed by atoms with Gasteiger partial charge >= 0.3 is 16.3 Å². The summed E-state index contributed by atoms with van der Waals surface area (Å²) in [5.41, 5.74) is -0.630. The average Bonchev–Trinajstić information content (AvgIpc) is 2.69. The van der Waals surface area contributed by atoms with Gasteiger partial charge in [-0.2, -0.15) is 0 Å². The van der Waals surface area contributed by atoms with E-state index in [9.17, 15) is 29.0 Å². The van der Waals surface area contributed by atoms with Crippen LogP contribution in [0.15, 0.2) is 58.4 Å². The highest BCUT2D eigenvalue weighted by atomic mass is 32.5. The number of hydrogen-bond acceptors (Lipinski definition) is 4. The smallest absolute Gasteiger partial charge is 0.414 e. The van der Waals surface area contributed by atoms with Crippen LogP contribution in [0.2, 0.25) is 0 Å². The fraction of sp³-hybridized carbons (Fsp3) is 0.348. The van der Waals surface area contributed by atoms with Gasteiger partial charge in [-0.05, 0) is 62.6 Å². The second kappa shape index (κ2) is 7.67. The van der Waals surface area contributed by atoms with Gasteiger partial charge in [0.15, 0.2) is 0 Å². The minimum atomic E-state index is -9.77. The van der Waals surface area contributed by atoms with Crippen molar-refractivity contribution in [3.63, 3.8) is 0 Å². The van der Waals surface area contributed by atoms with Crippen molar-refractivity contribution >= 4 is 28.2 Å². The van der Waals surface area contributed by atoms with E-state index >= 15 is 0 Å². The van der Waals surface area contributed by atoms with Gasteiger partial charge in [0, 0.05) is 7.05 Å². The predicted molar refractivity (Wildman–Crippen MR) is 125 cm³/mol. The quantitative estimate of drug-likeness (QED) is 0.445. The lowest BCUT2D eigenvalue weighted by Crippen LogP contribution is -2.52. The number of benzene rings is 2. The van der Waals surface area contributed by atoms with Crippen molar-refractivity contribution in [1.29, 1.82) is 0 Å². The maximum atomic E-state index is 13.0. The predicted octanol–water partition coefficient (Wildman–Crippen LogP) is 6.97. The molecule has 0 radical (unpaired) electrons. The maximum absolute atomic E-state index is 13.0. The lowest BCUT2D eigenvalue weighted by molar-refractivity contribution is -0.128. The molecule has 1 aliphatic rings. The molecule has 1 atom stereocenters. The molecule has 1 aliphatic heterocycles. The van der Waals surface area contributed by atoms with E-state index < -0.39 is 32.4 Å². The van der Waals surface area contributed by atoms with Crippen molar-refractivity contribution in [1.82, 2.24) is 10.2 Å². The van der Waals surface area contributed by atoms with Crippen LogP contribution in [-0.2, 0) is 15.1 Å². The number of nitrogens with one attached hydrogen (secondary N) is 1. The van der Waals surface area contributed by atoms with E-state index in [2.05, 4.69) is 10.3 Å². The topological polar surface area (TPSA) is 71.0 Å². The van der Waals surface area contributed by atoms with Crippen molar-refractivity contribution in [3.8, 4) is 11.1 Å². The van der Waals surface area contributed by atoms with Gasteiger partial charge in [-0.1, -0.05) is 49.8 Å². The molecule has 0 aliphatic carbocycles. The van der Waals surface area contributed by atoms with Crippen molar-refractivity contribution < 1.29 is 33.8 Å². The zero-order chi connectivity index (χ0) is 26.5. The van der Waals surface area contributed by atoms with Crippen molar-refractivity contribution in [2.45, 2.75) is 50.2 Å². The van der Waals surface area contributed by atoms with Crippen LogP contribution < -0.4 is 5.32 Å². The van der Waals surface area contributed by atoms with E-state index in [0.29, 0.717) is 23.3 Å². The van der Waals surface area contributed by atoms with Crippen LogP contribution in [0, 0.1) is 0 Å². The first-order valence-electron chi connectivity index (χ1n) is 10.5. The summed E-state index contributed by atoms with van der Waals surface area (Å²) in [6.45, 7) is 6.72. The second-order valence-electron chi connectivity index (χ2n) is 9.54. The van der Waals surface area contributed by atoms with Crippen LogP contribution in [0.25, 0.3) is 11.1 Å². The first kappa shape index (κ1) is 26.5. The van der Waals surface area contributed by atoms with Crippen LogP contribution in [0.5, 0.6) is 0 Å². The Bertz CT molecular complexity index is 1210. The molecule has 2 amide bonds. The highest BCUT2D eigenvalue weighted by Crippen LogP contribution is 3.02. The lowest BCUT2D eigenvalue weighted by Gasteiger charge is -2.40. The van der Waals surface area contributed by atoms with E-state index in [-0.39, 0.29) is 23.9 Å². The number of halogens is 5. The number of rotatable bonds is 3. The normalized spacial score (nSPS) is 21.0. The van der Waals surface area contributed by atoms with Gasteiger partial charge in [0.2, 0.25) is 11.9 Å². The van der Waals surface area contributed by atoms with Crippen molar-refractivity contribution in [3.05, 3.63) is 54.1 Å². The molecule has 0 spiro atoms. The highest BCUT2D eigenvalue weighted by molar-refractivity contribution is 8.45. The largest absolute Gasteiger partial charge is 0.444 e. The van der Waals surface area contributed by atoms with Gasteiger partial charge in [-0.3, -0.25) is 15.0 Å². The summed E-state index contributed by atoms with van der Waals surface area (Å²) in [6.07, 6.45) is -0.840. The first-order chi connectivity index (χ1) is 15.7. The van der Waals surface area contributed by atoms with E-state index in [1.807, 2.05) is 0 Å². The summed E-state index contributed by atoms with van der Waals surface area (Å²) < 4.78 is 70.4. The van der Waals surface area contributed by atoms with Gasteiger partial charge in [0.05, 0.1) is 12.0 Å². The summed E-state index contributed by atoms with van der Waals surface area (Å²) in [4.78, 5) is 28.7. The number of ether oxygens (including phenoxy) is 1. The Morgan fingerprint density at radius 3 is 2.20 bits per heavy atom. The Kier molecular flexibility index (Phi) is 5.80. The fourth-order valence-corrected chi connectivity index (χ4v) is 4.14. The van der Waals surface area contributed by atoms with Crippen LogP contribution in [0.1, 0.15) is 39.7 Å². The van der Waals surface area contributed by atoms with Crippen LogP contribution in [-0.4, -0.2) is 35.5 Å². The highest BCUT2D eigenvalue weighted by Gasteiger charge is 2.65. The number of alkyl carbamates (subject to hydrolysis) is 1. The third-order valence-corrected chi connectivity index (χ3v) is 6.43. The fourth-order valence-electron chi connectivity index (χ4n) is 3.49. The van der Waals surface area contributed by atoms with Gasteiger partial charge in [-0.15, -0.1) is 0 Å². The Hall–Kier alpha value is -3.15. The third-order valence-electron chi connectivity index (χ3n) is 5.27. The summed E-state index contributed by atoms with van der Waals surface area (Å²) in [6, 6.07) is 9.15. The Morgan fingerprint density at radius 2 is 1.66 bits per heavy atom. The summed E-state index contributed by atoms with van der Waals surface area (Å²) in [7, 11) is -8.32. The number of nitrogens with zero attached hydrogens (tertiary/aromatic N) is 2. The average molecular weight is 520 g/mol. The molecule has 0 bridgehead atoms. The molecular weight excluding hydrogens is 493 g/mol. The van der Waals surface area contributed by atoms with Crippen molar-refractivity contribution in [2.75, 3.05) is 7.05 Å². The van der Waals surface area contributed by atoms with Gasteiger partial charge in [0.25, 0.3) is 0 Å². The monoisotopic (exact) mass is 519 g/mol. The third kappa shape index (κ3) is 6.30. The molecule has 0 saturated heterocycles. The molecule has 35 heavy (non-hydrogen) atoms. The number of aliphatic imine (C=N–C) groups is 1. The summed E-state index contributed by atoms with van der Waals surface area (Å²) in [5, 5.41) is 2.47. The molecule has 6 nitrogen and oxygen atoms in total. The minimum Gasteiger partial charge on any atom is -0.444 e. The number of hydrogen-bond donors (Lipinski definition) is 1. The standard InChI is InChI=1S/C23H26F5N3O3S/c1-22(2,3)34-21(33)29-20-30-23(4,14-19(32)31(20)5)17-8-6-7-16(13-17)15-9-11-18(12-10-15)35(24,25,26,27)28/h6-13H,14H2,1-5H3,(H,29,30,33)/t23-/m0/s1. The molecule has 2 aromatic carbocycles. The molecule has 0 fully saturated rings. The SMILES string of the molecule is CN1C(=O)C[C@@](C)(c2cccc(-c3ccc(S(F)(F)(F)(F)F)cc3)c2)N=C1NC(=O)OC(C)(C)C. The summed E-state index contributed by atoms with van der Waals surface area (Å²) in [5.74, 6) is -0.358. The van der Waals surface area contributed by atoms with E-state index in [4.69, 9.17) is 4.74 Å². The van der Waals surface area contributed by atoms with Crippen LogP contribution >= 0.6 is 10.2 Å². The van der Waals surface area contributed by atoms with E-state index in [1.165, 1.54) is 11.9 Å². The number of amides is 2. The Labute approximate surface area is 199 Å². The minimum absolute atomic E-state index is 0.0244. The van der Waals surface area contributed by atoms with Gasteiger partial charge in [0.1, 0.15) is 10.5 Å². The lowest BCUT2D eigenvalue weighted by atomic mass is 9.86. The van der Waals surface area contributed by atoms with E-state index in [1.54, 1.807) is 52.0 Å². The maximum Gasteiger partial charge on any atom is 0.414 e. The molecule has 3 rings (SSSR count).